The van der Waals surface area contributed by atoms with Crippen molar-refractivity contribution in [3.8, 4) is 11.5 Å². The first-order chi connectivity index (χ1) is 64.7. The molecule has 33 heteroatoms. The van der Waals surface area contributed by atoms with Gasteiger partial charge in [-0.05, 0) is 332 Å². The molecule has 7 aromatic rings. The maximum Gasteiger partial charge on any atom is 0.573 e. The van der Waals surface area contributed by atoms with E-state index < -0.39 is 66.2 Å². The van der Waals surface area contributed by atoms with Crippen molar-refractivity contribution in [2.75, 3.05) is 45.9 Å². The Morgan fingerprint density at radius 1 is 0.426 bits per heavy atom. The monoisotopic (exact) mass is 2140 g/mol. The second-order valence-electron chi connectivity index (χ2n) is 51.0. The third kappa shape index (κ3) is 22.5. The summed E-state index contributed by atoms with van der Waals surface area (Å²) in [7, 11) is -20.1. The summed E-state index contributed by atoms with van der Waals surface area (Å²) >= 11 is 4.82. The molecule has 12 fully saturated rings. The molecular weight excluding hydrogens is 1990 g/mol. The van der Waals surface area contributed by atoms with E-state index >= 15 is 0 Å². The third-order valence-electron chi connectivity index (χ3n) is 32.1. The van der Waals surface area contributed by atoms with Gasteiger partial charge in [-0.2, -0.15) is 21.5 Å². The molecule has 6 aliphatic carbocycles. The normalized spacial score (nSPS) is 31.2. The number of halogens is 4. The van der Waals surface area contributed by atoms with Crippen molar-refractivity contribution in [2.45, 2.75) is 339 Å². The van der Waals surface area contributed by atoms with Crippen LogP contribution in [0.25, 0.3) is 16.2 Å². The Kier molecular flexibility index (Phi) is 28.1. The van der Waals surface area contributed by atoms with Crippen LogP contribution in [0.2, 0.25) is 0 Å². The molecule has 13 atom stereocenters. The minimum absolute atomic E-state index is 0.0778. The quantitative estimate of drug-likeness (QED) is 0.0972. The number of hydrogen-bond acceptors (Lipinski definition) is 17. The van der Waals surface area contributed by atoms with Gasteiger partial charge in [0.1, 0.15) is 43.3 Å². The van der Waals surface area contributed by atoms with Gasteiger partial charge in [0.25, 0.3) is 10.0 Å². The first-order valence-corrected chi connectivity index (χ1v) is 60.2. The lowest BCUT2D eigenvalue weighted by atomic mass is 9.65. The number of sulfonamides is 5. The van der Waals surface area contributed by atoms with E-state index in [1.54, 1.807) is 71.8 Å². The number of hydrogen-bond donors (Lipinski definition) is 0. The molecule has 0 spiro atoms. The minimum atomic E-state index is -4.74. The number of aryl methyl sites for hydroxylation is 4. The molecule has 0 N–H and O–H groups in total. The Bertz CT molecular complexity index is 7000. The van der Waals surface area contributed by atoms with Gasteiger partial charge in [0.2, 0.25) is 40.1 Å². The average Bonchev–Trinajstić information content (AvgIpc) is 1.52. The van der Waals surface area contributed by atoms with Crippen molar-refractivity contribution in [3.63, 3.8) is 0 Å². The van der Waals surface area contributed by atoms with Gasteiger partial charge >= 0.3 is 6.36 Å². The number of nitrogens with zero attached hydrogens (tertiary/aromatic N) is 9. The van der Waals surface area contributed by atoms with E-state index in [9.17, 15) is 59.5 Å². The second kappa shape index (κ2) is 36.9. The maximum absolute atomic E-state index is 13.5. The maximum atomic E-state index is 13.5. The van der Waals surface area contributed by atoms with E-state index in [2.05, 4.69) is 192 Å². The van der Waals surface area contributed by atoms with Gasteiger partial charge < -0.3 is 9.47 Å². The highest BCUT2D eigenvalue weighted by atomic mass is 79.9. The molecular formula is C108H147BrF3N9O13S7. The first kappa shape index (κ1) is 107. The first-order valence-electron chi connectivity index (χ1n) is 49.7. The lowest BCUT2D eigenvalue weighted by molar-refractivity contribution is -0.274. The van der Waals surface area contributed by atoms with Crippen molar-refractivity contribution in [1.82, 2.24) is 30.8 Å². The number of allylic oxidation sites excluding steroid dienone is 1. The van der Waals surface area contributed by atoms with Gasteiger partial charge in [0, 0.05) is 101 Å². The Morgan fingerprint density at radius 2 is 0.809 bits per heavy atom. The molecule has 21 rings (SSSR count). The fourth-order valence-electron chi connectivity index (χ4n) is 29.2. The third-order valence-corrected chi connectivity index (χ3v) is 46.5. The van der Waals surface area contributed by atoms with Crippen molar-refractivity contribution in [2.24, 2.45) is 75.0 Å². The van der Waals surface area contributed by atoms with Crippen LogP contribution in [0.5, 0.6) is 11.5 Å². The summed E-state index contributed by atoms with van der Waals surface area (Å²) < 4.78 is 205. The summed E-state index contributed by atoms with van der Waals surface area (Å²) in [4.78, 5) is 14.6. The molecule has 8 aliphatic heterocycles. The van der Waals surface area contributed by atoms with Crippen LogP contribution in [0, 0.1) is 92.7 Å². The van der Waals surface area contributed by atoms with E-state index in [-0.39, 0.29) is 107 Å². The van der Waals surface area contributed by atoms with Crippen LogP contribution in [-0.4, -0.2) is 172 Å². The number of alkyl halides is 3. The SMILES string of the molecule is C=C1C=Cc2cc(S(=O)(=O)N3CC4(C)CC3CC(C)(C)C4)ccc2O1.C=S(=O)(c1ccc(OC(F)(F)F)cc1)N1CC2(C)CC1CC(C)(C)C2.CC1(C)CC2CC(C)(CN2S(=O)(=O)c2cccc3c2=NCN=3)C1.Cc1ccc(S(=O)(=O)N2CC3(C)CC2CC(C)(C)C3)cc1.Cc1ccc2sc(S(=O)(=O)N3CC4(C)CC3CC(C)(C)C4)c(C)c2c1.Cc1ncc(S(=O)(=O)N2CC3(C)CC2CC(C)(C)C3)cc1Br. The number of aromatic nitrogens is 1. The average molecular weight is 2140 g/mol. The standard InChI is InChI=1S/C20H25NO3S.C20H27NO2S2.C18H24F3NO2S.C17H23N3O2S.C17H25NO2S.C16H23BrN2O2S/c1-14-5-6-15-9-17(7-8-18(15)24-14)25(22,23)21-13-20(4)11-16(21)10-19(2,3)12-20;1-13-6-7-17-16(8-13)14(2)18(24-17)25(22,23)21-12-20(5)10-15(21)9-19(3,4)11-20;1-16(2)9-13-10-17(3,11-16)12-22(13)25(4,23)15-7-5-14(6-8-15)24-18(19,20)21;1-16(2)7-12-8-17(3,9-16)10-20(12)23(21,22)14-6-4-5-13-15(14)19-11-18-13;1-13-5-7-15(8-6-13)21(19,20)18-12-17(4)10-14(18)9-16(2,3)11-17;1-11-14(17)5-13(8-18-11)22(20,21)19-10-16(4)7-12(19)6-15(2,3)9-16/h5-9,16H,1,10-13H2,2-4H3;6-8,15H,9-12H2,1-5H3;5-8,13H,4,9-12H2,1-3H3;4-6,12H,7-11H2,1-3H3;5-8,14H,9-12H2,1-4H3;5,8,12H,6-7,9-10H2,1-4H3. The molecule has 22 nitrogen and oxygen atoms in total. The smallest absolute Gasteiger partial charge is 0.457 e. The topological polar surface area (TPSA) is 263 Å². The van der Waals surface area contributed by atoms with E-state index in [1.807, 2.05) is 59.7 Å². The molecule has 141 heavy (non-hydrogen) atoms. The largest absolute Gasteiger partial charge is 0.573 e. The summed E-state index contributed by atoms with van der Waals surface area (Å²) in [6.45, 7) is 56.3. The van der Waals surface area contributed by atoms with E-state index in [0.717, 1.165) is 153 Å². The highest BCUT2D eigenvalue weighted by molar-refractivity contribution is 9.10. The molecule has 5 aromatic carbocycles. The lowest BCUT2D eigenvalue weighted by Gasteiger charge is -2.39. The van der Waals surface area contributed by atoms with Crippen molar-refractivity contribution >= 4 is 109 Å². The summed E-state index contributed by atoms with van der Waals surface area (Å²) in [6, 6.07) is 31.5. The highest BCUT2D eigenvalue weighted by Crippen LogP contribution is 2.61. The molecule has 0 radical (unpaired) electrons. The number of rotatable bonds is 13. The van der Waals surface area contributed by atoms with E-state index in [4.69, 9.17) is 4.74 Å². The predicted octanol–water partition coefficient (Wildman–Crippen LogP) is 22.6. The molecule has 772 valence electrons. The summed E-state index contributed by atoms with van der Waals surface area (Å²) in [5, 5.41) is 2.32. The van der Waals surface area contributed by atoms with Gasteiger partial charge in [-0.15, -0.1) is 24.5 Å². The number of pyridine rings is 1. The summed E-state index contributed by atoms with van der Waals surface area (Å²) in [6.07, 6.45) is 18.4. The zero-order valence-electron chi connectivity index (χ0n) is 86.4. The number of fused-ring (bicyclic) bond motifs is 15. The van der Waals surface area contributed by atoms with Crippen molar-refractivity contribution in [1.29, 1.82) is 0 Å². The van der Waals surface area contributed by atoms with Crippen LogP contribution in [-0.2, 0) is 59.8 Å². The molecule has 12 bridgehead atoms. The molecule has 6 saturated carbocycles. The number of para-hydroxylation sites is 1. The van der Waals surface area contributed by atoms with Crippen molar-refractivity contribution < 1.29 is 68.9 Å². The van der Waals surface area contributed by atoms with E-state index in [0.29, 0.717) is 96.8 Å². The number of thiophene rings is 1. The van der Waals surface area contributed by atoms with Gasteiger partial charge in [0.15, 0.2) is 0 Å². The highest BCUT2D eigenvalue weighted by Gasteiger charge is 2.60. The second-order valence-corrected chi connectivity index (χ2v) is 64.8. The van der Waals surface area contributed by atoms with Crippen LogP contribution in [0.3, 0.4) is 0 Å². The lowest BCUT2D eigenvalue weighted by Crippen LogP contribution is -2.41. The Hall–Kier alpha value is -6.31. The Balaban J connectivity index is 0.000000122. The molecule has 0 amide bonds. The number of benzene rings is 5. The van der Waals surface area contributed by atoms with Gasteiger partial charge in [-0.3, -0.25) is 15.0 Å². The van der Waals surface area contributed by atoms with Gasteiger partial charge in [0.05, 0.1) is 30.5 Å². The van der Waals surface area contributed by atoms with Crippen LogP contribution in [0.4, 0.5) is 13.2 Å². The molecule has 13 unspecified atom stereocenters. The van der Waals surface area contributed by atoms with Gasteiger partial charge in [-0.25, -0.2) is 50.6 Å². The van der Waals surface area contributed by atoms with Gasteiger partial charge in [-0.1, -0.05) is 173 Å². The summed E-state index contributed by atoms with van der Waals surface area (Å²) in [5.74, 6) is 4.85. The van der Waals surface area contributed by atoms with Crippen LogP contribution in [0.1, 0.15) is 268 Å². The zero-order chi connectivity index (χ0) is 103. The van der Waals surface area contributed by atoms with Crippen LogP contribution in [0.15, 0.2) is 177 Å². The molecule has 6 saturated heterocycles. The predicted molar refractivity (Wildman–Crippen MR) is 558 cm³/mol. The molecule has 2 aromatic heterocycles. The zero-order valence-corrected chi connectivity index (χ0v) is 93.7. The Morgan fingerprint density at radius 3 is 1.24 bits per heavy atom. The Labute approximate surface area is 850 Å². The van der Waals surface area contributed by atoms with Crippen LogP contribution < -0.4 is 20.2 Å². The fraction of sp³-hybridized carbons (Fsp3) is 0.611. The van der Waals surface area contributed by atoms with E-state index in [1.165, 1.54) is 47.4 Å². The molecule has 10 heterocycles. The number of ether oxygens (including phenoxy) is 2. The minimum Gasteiger partial charge on any atom is -0.457 e. The van der Waals surface area contributed by atoms with Crippen molar-refractivity contribution in [3.05, 3.63) is 177 Å². The summed E-state index contributed by atoms with van der Waals surface area (Å²) in [5.41, 5.74) is 6.56. The molecule has 14 aliphatic rings. The fourth-order valence-corrected chi connectivity index (χ4v) is 42.6. The van der Waals surface area contributed by atoms with Crippen LogP contribution >= 0.6 is 27.3 Å².